The quantitative estimate of drug-likeness (QED) is 0.896. The van der Waals surface area contributed by atoms with Crippen LogP contribution in [0.15, 0.2) is 42.6 Å². The van der Waals surface area contributed by atoms with E-state index in [-0.39, 0.29) is 6.03 Å². The molecule has 0 aliphatic heterocycles. The van der Waals surface area contributed by atoms with Crippen LogP contribution in [0.4, 0.5) is 10.5 Å². The Balaban J connectivity index is 1.99. The van der Waals surface area contributed by atoms with Crippen LogP contribution in [0, 0.1) is 6.92 Å². The Hall–Kier alpha value is -2.56. The molecule has 5 nitrogen and oxygen atoms in total. The number of pyridine rings is 1. The van der Waals surface area contributed by atoms with Gasteiger partial charge in [0.2, 0.25) is 5.88 Å². The highest BCUT2D eigenvalue weighted by Crippen LogP contribution is 2.21. The number of urea groups is 1. The van der Waals surface area contributed by atoms with Gasteiger partial charge >= 0.3 is 6.03 Å². The number of nitrogens with one attached hydrogen (secondary N) is 2. The molecule has 104 valence electrons. The highest BCUT2D eigenvalue weighted by atomic mass is 16.5. The number of hydrogen-bond acceptors (Lipinski definition) is 3. The maximum absolute atomic E-state index is 11.3. The molecule has 0 unspecified atom stereocenters. The van der Waals surface area contributed by atoms with E-state index >= 15 is 0 Å². The maximum Gasteiger partial charge on any atom is 0.319 e. The van der Waals surface area contributed by atoms with E-state index in [1.807, 2.05) is 38.1 Å². The van der Waals surface area contributed by atoms with Crippen LogP contribution < -0.4 is 15.4 Å². The minimum atomic E-state index is -0.248. The molecule has 0 saturated carbocycles. The van der Waals surface area contributed by atoms with Gasteiger partial charge in [0.15, 0.2) is 0 Å². The fourth-order valence-corrected chi connectivity index (χ4v) is 1.65. The smallest absolute Gasteiger partial charge is 0.319 e. The summed E-state index contributed by atoms with van der Waals surface area (Å²) in [6.07, 6.45) is 1.56. The van der Waals surface area contributed by atoms with Gasteiger partial charge in [-0.3, -0.25) is 0 Å². The van der Waals surface area contributed by atoms with E-state index in [1.54, 1.807) is 18.3 Å². The van der Waals surface area contributed by atoms with E-state index in [2.05, 4.69) is 15.6 Å². The second kappa shape index (κ2) is 6.56. The van der Waals surface area contributed by atoms with Crippen molar-refractivity contribution in [2.75, 3.05) is 11.9 Å². The van der Waals surface area contributed by atoms with Crippen LogP contribution in [-0.4, -0.2) is 17.6 Å². The molecule has 0 fully saturated rings. The summed E-state index contributed by atoms with van der Waals surface area (Å²) in [4.78, 5) is 15.5. The number of aromatic nitrogens is 1. The number of nitrogens with zero attached hydrogens (tertiary/aromatic N) is 1. The van der Waals surface area contributed by atoms with Gasteiger partial charge in [-0.25, -0.2) is 9.78 Å². The lowest BCUT2D eigenvalue weighted by Crippen LogP contribution is -2.28. The molecule has 0 bridgehead atoms. The summed E-state index contributed by atoms with van der Waals surface area (Å²) in [5, 5.41) is 5.32. The zero-order chi connectivity index (χ0) is 14.4. The minimum Gasteiger partial charge on any atom is -0.439 e. The van der Waals surface area contributed by atoms with Gasteiger partial charge in [0.05, 0.1) is 11.9 Å². The largest absolute Gasteiger partial charge is 0.439 e. The lowest BCUT2D eigenvalue weighted by molar-refractivity contribution is 0.252. The Morgan fingerprint density at radius 1 is 1.30 bits per heavy atom. The van der Waals surface area contributed by atoms with Crippen molar-refractivity contribution in [2.24, 2.45) is 0 Å². The van der Waals surface area contributed by atoms with Gasteiger partial charge in [-0.15, -0.1) is 0 Å². The third-order valence-corrected chi connectivity index (χ3v) is 2.54. The molecule has 2 N–H and O–H groups in total. The zero-order valence-electron chi connectivity index (χ0n) is 11.5. The number of ether oxygens (including phenoxy) is 1. The molecule has 1 aromatic heterocycles. The highest BCUT2D eigenvalue weighted by molar-refractivity contribution is 5.88. The number of anilines is 1. The van der Waals surface area contributed by atoms with Gasteiger partial charge in [-0.05, 0) is 37.6 Å². The Labute approximate surface area is 118 Å². The lowest BCUT2D eigenvalue weighted by atomic mass is 10.2. The standard InChI is InChI=1S/C15H17N3O2/c1-3-16-15(19)18-12-7-8-14(17-10-12)20-13-6-4-5-11(2)9-13/h4-10H,3H2,1-2H3,(H2,16,18,19). The normalized spacial score (nSPS) is 9.90. The number of carbonyl (C=O) groups excluding carboxylic acids is 1. The summed E-state index contributed by atoms with van der Waals surface area (Å²) in [5.41, 5.74) is 1.74. The van der Waals surface area contributed by atoms with Crippen molar-refractivity contribution in [1.82, 2.24) is 10.3 Å². The van der Waals surface area contributed by atoms with Crippen molar-refractivity contribution < 1.29 is 9.53 Å². The van der Waals surface area contributed by atoms with Gasteiger partial charge in [0.1, 0.15) is 5.75 Å². The molecule has 0 aliphatic rings. The van der Waals surface area contributed by atoms with Crippen molar-refractivity contribution in [3.8, 4) is 11.6 Å². The minimum absolute atomic E-state index is 0.248. The molecule has 0 spiro atoms. The predicted octanol–water partition coefficient (Wildman–Crippen LogP) is 3.32. The first kappa shape index (κ1) is 13.9. The van der Waals surface area contributed by atoms with E-state index in [1.165, 1.54) is 0 Å². The van der Waals surface area contributed by atoms with Crippen LogP contribution in [0.3, 0.4) is 0 Å². The fourth-order valence-electron chi connectivity index (χ4n) is 1.65. The number of carbonyl (C=O) groups is 1. The second-order valence-electron chi connectivity index (χ2n) is 4.29. The molecule has 2 rings (SSSR count). The molecule has 0 radical (unpaired) electrons. The van der Waals surface area contributed by atoms with Crippen LogP contribution in [0.25, 0.3) is 0 Å². The van der Waals surface area contributed by atoms with Crippen molar-refractivity contribution in [3.63, 3.8) is 0 Å². The molecule has 1 heterocycles. The zero-order valence-corrected chi connectivity index (χ0v) is 11.5. The first-order chi connectivity index (χ1) is 9.67. The van der Waals surface area contributed by atoms with Crippen LogP contribution in [0.2, 0.25) is 0 Å². The van der Waals surface area contributed by atoms with Crippen LogP contribution in [-0.2, 0) is 0 Å². The molecule has 0 atom stereocenters. The van der Waals surface area contributed by atoms with Crippen molar-refractivity contribution >= 4 is 11.7 Å². The molecule has 2 aromatic rings. The summed E-state index contributed by atoms with van der Waals surface area (Å²) < 4.78 is 5.63. The van der Waals surface area contributed by atoms with E-state index in [0.29, 0.717) is 18.1 Å². The van der Waals surface area contributed by atoms with Crippen molar-refractivity contribution in [1.29, 1.82) is 0 Å². The number of aryl methyl sites for hydroxylation is 1. The molecule has 1 aromatic carbocycles. The van der Waals surface area contributed by atoms with E-state index in [4.69, 9.17) is 4.74 Å². The van der Waals surface area contributed by atoms with Crippen molar-refractivity contribution in [2.45, 2.75) is 13.8 Å². The Bertz CT molecular complexity index is 582. The maximum atomic E-state index is 11.3. The molecule has 20 heavy (non-hydrogen) atoms. The number of benzene rings is 1. The third-order valence-electron chi connectivity index (χ3n) is 2.54. The van der Waals surface area contributed by atoms with E-state index in [0.717, 1.165) is 11.3 Å². The topological polar surface area (TPSA) is 63.2 Å². The van der Waals surface area contributed by atoms with Gasteiger partial charge < -0.3 is 15.4 Å². The monoisotopic (exact) mass is 271 g/mol. The average Bonchev–Trinajstić information content (AvgIpc) is 2.41. The number of hydrogen-bond donors (Lipinski definition) is 2. The van der Waals surface area contributed by atoms with Crippen molar-refractivity contribution in [3.05, 3.63) is 48.2 Å². The fraction of sp³-hybridized carbons (Fsp3) is 0.200. The molecular formula is C15H17N3O2. The van der Waals surface area contributed by atoms with E-state index in [9.17, 15) is 4.79 Å². The first-order valence-corrected chi connectivity index (χ1v) is 6.43. The average molecular weight is 271 g/mol. The van der Waals surface area contributed by atoms with Crippen LogP contribution in [0.1, 0.15) is 12.5 Å². The summed E-state index contributed by atoms with van der Waals surface area (Å²) in [5.74, 6) is 1.22. The summed E-state index contributed by atoms with van der Waals surface area (Å²) >= 11 is 0. The first-order valence-electron chi connectivity index (χ1n) is 6.43. The van der Waals surface area contributed by atoms with Gasteiger partial charge in [-0.1, -0.05) is 12.1 Å². The Morgan fingerprint density at radius 2 is 2.15 bits per heavy atom. The SMILES string of the molecule is CCNC(=O)Nc1ccc(Oc2cccc(C)c2)nc1. The number of rotatable bonds is 4. The second-order valence-corrected chi connectivity index (χ2v) is 4.29. The highest BCUT2D eigenvalue weighted by Gasteiger charge is 2.02. The molecule has 2 amide bonds. The van der Waals surface area contributed by atoms with Gasteiger partial charge in [0.25, 0.3) is 0 Å². The molecular weight excluding hydrogens is 254 g/mol. The van der Waals surface area contributed by atoms with Gasteiger partial charge in [-0.2, -0.15) is 0 Å². The molecule has 5 heteroatoms. The Kier molecular flexibility index (Phi) is 4.55. The summed E-state index contributed by atoms with van der Waals surface area (Å²) in [7, 11) is 0. The van der Waals surface area contributed by atoms with E-state index < -0.39 is 0 Å². The summed E-state index contributed by atoms with van der Waals surface area (Å²) in [6, 6.07) is 10.9. The van der Waals surface area contributed by atoms with Gasteiger partial charge in [0, 0.05) is 12.6 Å². The third kappa shape index (κ3) is 3.98. The molecule has 0 aliphatic carbocycles. The number of amides is 2. The Morgan fingerprint density at radius 3 is 2.80 bits per heavy atom. The van der Waals surface area contributed by atoms with Crippen LogP contribution >= 0.6 is 0 Å². The lowest BCUT2D eigenvalue weighted by Gasteiger charge is -2.07. The predicted molar refractivity (Wildman–Crippen MR) is 78.2 cm³/mol. The van der Waals surface area contributed by atoms with Crippen LogP contribution in [0.5, 0.6) is 11.6 Å². The summed E-state index contributed by atoms with van der Waals surface area (Å²) in [6.45, 7) is 4.43. The molecule has 0 saturated heterocycles.